The molecule has 1 fully saturated rings. The number of aliphatic carboxylic acids is 1. The van der Waals surface area contributed by atoms with Crippen molar-refractivity contribution in [2.75, 3.05) is 0 Å². The molecule has 1 N–H and O–H groups in total. The van der Waals surface area contributed by atoms with E-state index in [4.69, 9.17) is 16.7 Å². The van der Waals surface area contributed by atoms with Gasteiger partial charge in [0, 0.05) is 5.02 Å². The molecule has 2 unspecified atom stereocenters. The first kappa shape index (κ1) is 13.6. The van der Waals surface area contributed by atoms with Crippen molar-refractivity contribution in [2.24, 2.45) is 17.3 Å². The molecule has 0 aromatic heterocycles. The molecule has 2 rings (SSSR count). The zero-order valence-corrected chi connectivity index (χ0v) is 11.5. The number of allylic oxidation sites excluding steroid dienone is 2. The van der Waals surface area contributed by atoms with Gasteiger partial charge in [-0.1, -0.05) is 43.7 Å². The van der Waals surface area contributed by atoms with Crippen LogP contribution in [0, 0.1) is 28.6 Å². The van der Waals surface area contributed by atoms with Crippen molar-refractivity contribution in [1.29, 1.82) is 5.26 Å². The summed E-state index contributed by atoms with van der Waals surface area (Å²) in [5, 5.41) is 18.9. The molecule has 0 spiro atoms. The van der Waals surface area contributed by atoms with Gasteiger partial charge in [0.1, 0.15) is 0 Å². The van der Waals surface area contributed by atoms with Crippen molar-refractivity contribution in [3.63, 3.8) is 0 Å². The minimum absolute atomic E-state index is 0.112. The second-order valence-corrected chi connectivity index (χ2v) is 5.80. The van der Waals surface area contributed by atoms with E-state index in [1.165, 1.54) is 0 Å². The van der Waals surface area contributed by atoms with Gasteiger partial charge in [-0.2, -0.15) is 5.26 Å². The Morgan fingerprint density at radius 2 is 2.21 bits per heavy atom. The fourth-order valence-corrected chi connectivity index (χ4v) is 2.68. The predicted molar refractivity (Wildman–Crippen MR) is 73.4 cm³/mol. The van der Waals surface area contributed by atoms with E-state index >= 15 is 0 Å². The molecule has 1 saturated carbocycles. The van der Waals surface area contributed by atoms with E-state index < -0.39 is 11.9 Å². The second-order valence-electron chi connectivity index (χ2n) is 5.37. The average molecular weight is 276 g/mol. The molecule has 0 radical (unpaired) electrons. The number of carbonyl (C=O) groups is 1. The van der Waals surface area contributed by atoms with Gasteiger partial charge in [0.25, 0.3) is 0 Å². The van der Waals surface area contributed by atoms with Crippen molar-refractivity contribution in [3.8, 4) is 6.07 Å². The molecule has 4 heteroatoms. The standard InChI is InChI=1S/C15H14ClNO2/c1-15(2)12(13(15)14(18)19)7-10(8-17)9-4-3-5-11(16)6-9/h3-7,12-13H,1-2H3,(H,18,19). The maximum Gasteiger partial charge on any atom is 0.307 e. The second kappa shape index (κ2) is 4.71. The van der Waals surface area contributed by atoms with Crippen LogP contribution in [0.25, 0.3) is 5.57 Å². The molecule has 0 saturated heterocycles. The first-order chi connectivity index (χ1) is 8.87. The zero-order chi connectivity index (χ0) is 14.2. The highest BCUT2D eigenvalue weighted by Crippen LogP contribution is 2.59. The maximum atomic E-state index is 11.1. The van der Waals surface area contributed by atoms with Crippen LogP contribution in [-0.2, 0) is 4.79 Å². The summed E-state index contributed by atoms with van der Waals surface area (Å²) >= 11 is 5.90. The minimum Gasteiger partial charge on any atom is -0.481 e. The van der Waals surface area contributed by atoms with Gasteiger partial charge < -0.3 is 5.11 Å². The van der Waals surface area contributed by atoms with Crippen LogP contribution in [0.3, 0.4) is 0 Å². The molecule has 1 aliphatic rings. The number of hydrogen-bond donors (Lipinski definition) is 1. The molecular weight excluding hydrogens is 262 g/mol. The number of nitriles is 1. The van der Waals surface area contributed by atoms with Crippen molar-refractivity contribution in [2.45, 2.75) is 13.8 Å². The lowest BCUT2D eigenvalue weighted by atomic mass is 10.0. The highest BCUT2D eigenvalue weighted by Gasteiger charge is 2.61. The van der Waals surface area contributed by atoms with Gasteiger partial charge in [-0.25, -0.2) is 0 Å². The zero-order valence-electron chi connectivity index (χ0n) is 10.7. The van der Waals surface area contributed by atoms with E-state index in [0.717, 1.165) is 5.56 Å². The number of carboxylic acid groups (broad SMARTS) is 1. The van der Waals surface area contributed by atoms with Gasteiger partial charge in [-0.15, -0.1) is 0 Å². The Hall–Kier alpha value is -1.79. The monoisotopic (exact) mass is 275 g/mol. The van der Waals surface area contributed by atoms with Crippen LogP contribution in [0.2, 0.25) is 5.02 Å². The summed E-state index contributed by atoms with van der Waals surface area (Å²) in [4.78, 5) is 11.1. The Balaban J connectivity index is 2.32. The van der Waals surface area contributed by atoms with Crippen LogP contribution in [-0.4, -0.2) is 11.1 Å². The Bertz CT molecular complexity index is 598. The van der Waals surface area contributed by atoms with Crippen LogP contribution in [0.5, 0.6) is 0 Å². The highest BCUT2D eigenvalue weighted by molar-refractivity contribution is 6.30. The SMILES string of the molecule is CC1(C)C(C=C(C#N)c2cccc(Cl)c2)C1C(=O)O. The van der Waals surface area contributed by atoms with Gasteiger partial charge in [0.2, 0.25) is 0 Å². The number of halogens is 1. The summed E-state index contributed by atoms with van der Waals surface area (Å²) < 4.78 is 0. The predicted octanol–water partition coefficient (Wildman–Crippen LogP) is 3.60. The normalized spacial score (nSPS) is 24.6. The molecule has 1 aromatic rings. The molecule has 2 atom stereocenters. The number of hydrogen-bond acceptors (Lipinski definition) is 2. The third-order valence-corrected chi connectivity index (χ3v) is 4.01. The summed E-state index contributed by atoms with van der Waals surface area (Å²) in [5.74, 6) is -1.34. The quantitative estimate of drug-likeness (QED) is 0.857. The molecular formula is C15H14ClNO2. The van der Waals surface area contributed by atoms with Crippen LogP contribution in [0.15, 0.2) is 30.3 Å². The Morgan fingerprint density at radius 1 is 1.53 bits per heavy atom. The number of nitrogens with zero attached hydrogens (tertiary/aromatic N) is 1. The average Bonchev–Trinajstić information content (AvgIpc) is 2.87. The molecule has 98 valence electrons. The van der Waals surface area contributed by atoms with Crippen molar-refractivity contribution in [3.05, 3.63) is 40.9 Å². The summed E-state index contributed by atoms with van der Waals surface area (Å²) in [5.41, 5.74) is 0.901. The van der Waals surface area contributed by atoms with Crippen LogP contribution >= 0.6 is 11.6 Å². The van der Waals surface area contributed by atoms with Crippen LogP contribution in [0.4, 0.5) is 0 Å². The molecule has 0 aliphatic heterocycles. The van der Waals surface area contributed by atoms with E-state index in [0.29, 0.717) is 10.6 Å². The molecule has 3 nitrogen and oxygen atoms in total. The highest BCUT2D eigenvalue weighted by atomic mass is 35.5. The minimum atomic E-state index is -0.811. The Morgan fingerprint density at radius 3 is 2.68 bits per heavy atom. The molecule has 0 bridgehead atoms. The van der Waals surface area contributed by atoms with Gasteiger partial charge in [0.15, 0.2) is 0 Å². The fraction of sp³-hybridized carbons (Fsp3) is 0.333. The number of rotatable bonds is 3. The lowest BCUT2D eigenvalue weighted by Gasteiger charge is -2.01. The topological polar surface area (TPSA) is 61.1 Å². The molecule has 0 heterocycles. The van der Waals surface area contributed by atoms with E-state index in [1.54, 1.807) is 30.3 Å². The maximum absolute atomic E-state index is 11.1. The fourth-order valence-electron chi connectivity index (χ4n) is 2.49. The lowest BCUT2D eigenvalue weighted by molar-refractivity contribution is -0.139. The lowest BCUT2D eigenvalue weighted by Crippen LogP contribution is -2.03. The van der Waals surface area contributed by atoms with Gasteiger partial charge in [-0.05, 0) is 29.0 Å². The summed E-state index contributed by atoms with van der Waals surface area (Å²) in [6.07, 6.45) is 1.75. The van der Waals surface area contributed by atoms with E-state index in [2.05, 4.69) is 6.07 Å². The van der Waals surface area contributed by atoms with E-state index in [-0.39, 0.29) is 11.3 Å². The van der Waals surface area contributed by atoms with Gasteiger partial charge in [-0.3, -0.25) is 4.79 Å². The smallest absolute Gasteiger partial charge is 0.307 e. The van der Waals surface area contributed by atoms with Crippen molar-refractivity contribution < 1.29 is 9.90 Å². The number of carboxylic acids is 1. The molecule has 1 aromatic carbocycles. The van der Waals surface area contributed by atoms with E-state index in [1.807, 2.05) is 13.8 Å². The van der Waals surface area contributed by atoms with Gasteiger partial charge in [0.05, 0.1) is 17.6 Å². The molecule has 0 amide bonds. The van der Waals surface area contributed by atoms with E-state index in [9.17, 15) is 10.1 Å². The Labute approximate surface area is 117 Å². The molecule has 1 aliphatic carbocycles. The third-order valence-electron chi connectivity index (χ3n) is 3.78. The first-order valence-corrected chi connectivity index (χ1v) is 6.36. The Kier molecular flexibility index (Phi) is 3.38. The first-order valence-electron chi connectivity index (χ1n) is 5.98. The van der Waals surface area contributed by atoms with Crippen molar-refractivity contribution in [1.82, 2.24) is 0 Å². The number of benzene rings is 1. The summed E-state index contributed by atoms with van der Waals surface area (Å²) in [6.45, 7) is 3.81. The summed E-state index contributed by atoms with van der Waals surface area (Å²) in [7, 11) is 0. The van der Waals surface area contributed by atoms with Crippen LogP contribution < -0.4 is 0 Å². The van der Waals surface area contributed by atoms with Gasteiger partial charge >= 0.3 is 5.97 Å². The summed E-state index contributed by atoms with van der Waals surface area (Å²) in [6, 6.07) is 9.14. The molecule has 19 heavy (non-hydrogen) atoms. The van der Waals surface area contributed by atoms with Crippen molar-refractivity contribution >= 4 is 23.1 Å². The van der Waals surface area contributed by atoms with Crippen LogP contribution in [0.1, 0.15) is 19.4 Å². The largest absolute Gasteiger partial charge is 0.481 e. The third kappa shape index (κ3) is 2.50.